The van der Waals surface area contributed by atoms with Crippen LogP contribution in [0.2, 0.25) is 0 Å². The average Bonchev–Trinajstić information content (AvgIpc) is 2.91. The van der Waals surface area contributed by atoms with E-state index in [9.17, 15) is 39.6 Å². The maximum absolute atomic E-state index is 13.7. The highest BCUT2D eigenvalue weighted by Crippen LogP contribution is 2.36. The number of likely N-dealkylation sites (tertiary alicyclic amines) is 1. The van der Waals surface area contributed by atoms with E-state index in [4.69, 9.17) is 5.11 Å². The first kappa shape index (κ1) is 31.2. The topological polar surface area (TPSA) is 144 Å². The number of amides is 3. The molecule has 0 spiro atoms. The molecule has 0 unspecified atom stereocenters. The van der Waals surface area contributed by atoms with E-state index in [1.807, 2.05) is 4.72 Å². The summed E-state index contributed by atoms with van der Waals surface area (Å²) < 4.78 is 94.8. The number of alkyl halides is 3. The zero-order valence-corrected chi connectivity index (χ0v) is 23.3. The molecule has 40 heavy (non-hydrogen) atoms. The monoisotopic (exact) mass is 606 g/mol. The predicted molar refractivity (Wildman–Crippen MR) is 137 cm³/mol. The van der Waals surface area contributed by atoms with Gasteiger partial charge in [-0.1, -0.05) is 18.2 Å². The first-order valence-electron chi connectivity index (χ1n) is 12.0. The number of carbonyl (C=O) groups excluding carboxylic acids is 1. The molecule has 1 heterocycles. The van der Waals surface area contributed by atoms with Gasteiger partial charge in [0.05, 0.1) is 20.2 Å². The number of urea groups is 1. The Kier molecular flexibility index (Phi) is 9.36. The molecule has 0 saturated carbocycles. The van der Waals surface area contributed by atoms with Gasteiger partial charge in [0.2, 0.25) is 19.9 Å². The summed E-state index contributed by atoms with van der Waals surface area (Å²) >= 11 is 0. The van der Waals surface area contributed by atoms with Crippen molar-refractivity contribution < 1.29 is 44.7 Å². The second-order valence-electron chi connectivity index (χ2n) is 9.19. The van der Waals surface area contributed by atoms with Crippen molar-refractivity contribution in [3.8, 4) is 0 Å². The largest absolute Gasteiger partial charge is 0.465 e. The van der Waals surface area contributed by atoms with Gasteiger partial charge in [0.1, 0.15) is 0 Å². The molecule has 0 radical (unpaired) electrons. The molecule has 0 bridgehead atoms. The number of carboxylic acid groups (broad SMARTS) is 1. The molecule has 0 aromatic heterocycles. The van der Waals surface area contributed by atoms with Crippen molar-refractivity contribution in [2.24, 2.45) is 0 Å². The highest BCUT2D eigenvalue weighted by Gasteiger charge is 2.38. The van der Waals surface area contributed by atoms with Crippen LogP contribution in [0.3, 0.4) is 0 Å². The molecule has 3 amide bonds. The van der Waals surface area contributed by atoms with Crippen LogP contribution in [-0.4, -0.2) is 95.1 Å². The summed E-state index contributed by atoms with van der Waals surface area (Å²) in [5, 5.41) is 9.06. The molecule has 2 aromatic carbocycles. The van der Waals surface area contributed by atoms with Crippen molar-refractivity contribution in [3.05, 3.63) is 54.1 Å². The molecule has 1 aliphatic rings. The second kappa shape index (κ2) is 12.0. The molecule has 11 nitrogen and oxygen atoms in total. The zero-order chi connectivity index (χ0) is 29.9. The minimum absolute atomic E-state index is 0.209. The number of nitrogens with one attached hydrogen (secondary N) is 1. The van der Waals surface area contributed by atoms with E-state index in [2.05, 4.69) is 0 Å². The van der Waals surface area contributed by atoms with Crippen LogP contribution in [0, 0.1) is 0 Å². The van der Waals surface area contributed by atoms with Crippen molar-refractivity contribution in [1.29, 1.82) is 0 Å². The molecule has 220 valence electrons. The van der Waals surface area contributed by atoms with Gasteiger partial charge in [-0.3, -0.25) is 0 Å². The lowest BCUT2D eigenvalue weighted by Crippen LogP contribution is -2.50. The minimum Gasteiger partial charge on any atom is -0.465 e. The number of sulfone groups is 1. The Hall–Kier alpha value is -3.37. The summed E-state index contributed by atoms with van der Waals surface area (Å²) in [6.07, 6.45) is -5.31. The van der Waals surface area contributed by atoms with Gasteiger partial charge in [-0.05, 0) is 43.2 Å². The van der Waals surface area contributed by atoms with E-state index in [-0.39, 0.29) is 30.6 Å². The fraction of sp³-hybridized carbons (Fsp3) is 0.417. The summed E-state index contributed by atoms with van der Waals surface area (Å²) in [4.78, 5) is 25.6. The average molecular weight is 607 g/mol. The lowest BCUT2D eigenvalue weighted by Gasteiger charge is -2.37. The van der Waals surface area contributed by atoms with Gasteiger partial charge in [0.25, 0.3) is 0 Å². The second-order valence-corrected chi connectivity index (χ2v) is 12.9. The third-order valence-electron chi connectivity index (χ3n) is 6.56. The van der Waals surface area contributed by atoms with Gasteiger partial charge in [-0.2, -0.15) is 13.2 Å². The predicted octanol–water partition coefficient (Wildman–Crippen LogP) is 2.94. The molecular weight excluding hydrogens is 577 g/mol. The van der Waals surface area contributed by atoms with Crippen LogP contribution in [-0.2, 0) is 26.0 Å². The first-order valence-corrected chi connectivity index (χ1v) is 15.0. The molecular formula is C24H29F3N4O7S2. The molecule has 0 aliphatic carbocycles. The van der Waals surface area contributed by atoms with E-state index in [1.165, 1.54) is 53.1 Å². The molecule has 16 heteroatoms. The number of benzene rings is 2. The van der Waals surface area contributed by atoms with Crippen molar-refractivity contribution in [1.82, 2.24) is 19.4 Å². The Morgan fingerprint density at radius 2 is 1.60 bits per heavy atom. The van der Waals surface area contributed by atoms with Crippen LogP contribution in [0.5, 0.6) is 0 Å². The zero-order valence-electron chi connectivity index (χ0n) is 21.6. The highest BCUT2D eigenvalue weighted by molar-refractivity contribution is 7.91. The van der Waals surface area contributed by atoms with Gasteiger partial charge in [-0.15, -0.1) is 0 Å². The molecule has 2 N–H and O–H groups in total. The maximum Gasteiger partial charge on any atom is 0.417 e. The standard InChI is InChI=1S/C24H29F3N4O7S2/c1-29(22(32)30(2)17-10-13-31(14-11-17)23(33)34)15-12-28-40(37,38)21-16-19(8-9-20(21)24(25,26)27)39(35,36)18-6-4-3-5-7-18/h3-9,16-17,28H,10-15H2,1-2H3,(H,33,34). The summed E-state index contributed by atoms with van der Waals surface area (Å²) in [6.45, 7) is -0.161. The van der Waals surface area contributed by atoms with Gasteiger partial charge >= 0.3 is 18.3 Å². The smallest absolute Gasteiger partial charge is 0.417 e. The van der Waals surface area contributed by atoms with E-state index in [1.54, 1.807) is 6.07 Å². The summed E-state index contributed by atoms with van der Waals surface area (Å²) in [5.41, 5.74) is -1.54. The van der Waals surface area contributed by atoms with E-state index < -0.39 is 60.1 Å². The summed E-state index contributed by atoms with van der Waals surface area (Å²) in [6, 6.07) is 7.71. The third kappa shape index (κ3) is 7.03. The third-order valence-corrected chi connectivity index (χ3v) is 9.83. The Balaban J connectivity index is 1.74. The molecule has 3 rings (SSSR count). The molecule has 1 aliphatic heterocycles. The number of piperidine rings is 1. The normalized spacial score (nSPS) is 15.1. The Morgan fingerprint density at radius 1 is 1.00 bits per heavy atom. The van der Waals surface area contributed by atoms with Crippen LogP contribution in [0.15, 0.2) is 63.2 Å². The number of likely N-dealkylation sites (N-methyl/N-ethyl adjacent to an activating group) is 1. The summed E-state index contributed by atoms with van der Waals surface area (Å²) in [5.74, 6) is 0. The number of nitrogens with zero attached hydrogens (tertiary/aromatic N) is 3. The Morgan fingerprint density at radius 3 is 2.15 bits per heavy atom. The van der Waals surface area contributed by atoms with Gasteiger partial charge in [0.15, 0.2) is 0 Å². The van der Waals surface area contributed by atoms with Crippen molar-refractivity contribution in [2.45, 2.75) is 39.7 Å². The van der Waals surface area contributed by atoms with Crippen molar-refractivity contribution in [3.63, 3.8) is 0 Å². The fourth-order valence-electron chi connectivity index (χ4n) is 4.25. The number of hydrogen-bond donors (Lipinski definition) is 2. The summed E-state index contributed by atoms with van der Waals surface area (Å²) in [7, 11) is -6.27. The maximum atomic E-state index is 13.7. The van der Waals surface area contributed by atoms with Crippen LogP contribution in [0.25, 0.3) is 0 Å². The number of hydrogen-bond acceptors (Lipinski definition) is 6. The molecule has 1 saturated heterocycles. The molecule has 1 fully saturated rings. The van der Waals surface area contributed by atoms with Crippen LogP contribution >= 0.6 is 0 Å². The first-order chi connectivity index (χ1) is 18.6. The lowest BCUT2D eigenvalue weighted by molar-refractivity contribution is -0.139. The number of carbonyl (C=O) groups is 2. The van der Waals surface area contributed by atoms with Crippen molar-refractivity contribution in [2.75, 3.05) is 40.3 Å². The van der Waals surface area contributed by atoms with E-state index in [0.717, 1.165) is 0 Å². The highest BCUT2D eigenvalue weighted by atomic mass is 32.2. The quantitative estimate of drug-likeness (QED) is 0.470. The Bertz CT molecular complexity index is 1440. The lowest BCUT2D eigenvalue weighted by atomic mass is 10.0. The number of halogens is 3. The molecule has 0 atom stereocenters. The Labute approximate surface area is 230 Å². The fourth-order valence-corrected chi connectivity index (χ4v) is 6.91. The number of sulfonamides is 1. The van der Waals surface area contributed by atoms with Crippen LogP contribution < -0.4 is 4.72 Å². The number of rotatable bonds is 8. The van der Waals surface area contributed by atoms with E-state index in [0.29, 0.717) is 31.0 Å². The van der Waals surface area contributed by atoms with Crippen molar-refractivity contribution >= 4 is 32.0 Å². The van der Waals surface area contributed by atoms with Gasteiger partial charge in [-0.25, -0.2) is 31.1 Å². The van der Waals surface area contributed by atoms with Crippen LogP contribution in [0.4, 0.5) is 22.8 Å². The van der Waals surface area contributed by atoms with Gasteiger partial charge in [0, 0.05) is 46.3 Å². The van der Waals surface area contributed by atoms with E-state index >= 15 is 0 Å². The molecule has 2 aromatic rings. The van der Waals surface area contributed by atoms with Gasteiger partial charge < -0.3 is 19.8 Å². The SMILES string of the molecule is CN(CCNS(=O)(=O)c1cc(S(=O)(=O)c2ccccc2)ccc1C(F)(F)F)C(=O)N(C)C1CCN(C(=O)O)CC1. The minimum atomic E-state index is -5.09. The van der Waals surface area contributed by atoms with Crippen LogP contribution in [0.1, 0.15) is 18.4 Å².